The molecule has 3 N–H and O–H groups in total. The van der Waals surface area contributed by atoms with Crippen LogP contribution in [0, 0.1) is 5.82 Å². The van der Waals surface area contributed by atoms with Crippen LogP contribution in [-0.4, -0.2) is 10.9 Å². The van der Waals surface area contributed by atoms with Crippen LogP contribution < -0.4 is 15.8 Å². The highest BCUT2D eigenvalue weighted by atomic mass is 19.1. The second kappa shape index (κ2) is 5.38. The normalized spacial score (nSPS) is 10.2. The smallest absolute Gasteiger partial charge is 0.252 e. The Hall–Kier alpha value is -2.57. The number of hydrogen-bond acceptors (Lipinski definition) is 5. The van der Waals surface area contributed by atoms with E-state index in [9.17, 15) is 9.18 Å². The van der Waals surface area contributed by atoms with E-state index < -0.39 is 5.82 Å². The van der Waals surface area contributed by atoms with Crippen molar-refractivity contribution in [1.82, 2.24) is 4.98 Å². The molecule has 0 aliphatic carbocycles. The van der Waals surface area contributed by atoms with Crippen molar-refractivity contribution < 1.29 is 18.3 Å². The minimum Gasteiger partial charge on any atom is -0.472 e. The second-order valence-electron chi connectivity index (χ2n) is 3.81. The molecule has 2 aromatic heterocycles. The third-order valence-electron chi connectivity index (χ3n) is 2.22. The highest BCUT2D eigenvalue weighted by Crippen LogP contribution is 2.24. The number of ether oxygens (including phenoxy) is 1. The molecule has 0 bridgehead atoms. The van der Waals surface area contributed by atoms with Crippen molar-refractivity contribution >= 4 is 17.4 Å². The zero-order valence-corrected chi connectivity index (χ0v) is 10.1. The number of anilines is 2. The first-order valence-corrected chi connectivity index (χ1v) is 5.43. The molecular weight excluding hydrogens is 253 g/mol. The lowest BCUT2D eigenvalue weighted by Crippen LogP contribution is -2.11. The third-order valence-corrected chi connectivity index (χ3v) is 2.22. The Labute approximate surface area is 108 Å². The molecule has 1 amide bonds. The van der Waals surface area contributed by atoms with E-state index in [1.807, 2.05) is 0 Å². The van der Waals surface area contributed by atoms with Crippen LogP contribution in [-0.2, 0) is 11.4 Å². The number of furan rings is 1. The highest BCUT2D eigenvalue weighted by molar-refractivity contribution is 5.90. The van der Waals surface area contributed by atoms with Gasteiger partial charge in [0.25, 0.3) is 5.88 Å². The van der Waals surface area contributed by atoms with Crippen molar-refractivity contribution in [2.24, 2.45) is 0 Å². The van der Waals surface area contributed by atoms with E-state index in [1.165, 1.54) is 19.5 Å². The molecule has 0 fully saturated rings. The number of amides is 1. The predicted molar refractivity (Wildman–Crippen MR) is 66.0 cm³/mol. The summed E-state index contributed by atoms with van der Waals surface area (Å²) in [5, 5.41) is 2.39. The van der Waals surface area contributed by atoms with Gasteiger partial charge in [-0.2, -0.15) is 4.98 Å². The number of carbonyl (C=O) groups excluding carboxylic acids is 1. The average molecular weight is 265 g/mol. The van der Waals surface area contributed by atoms with E-state index in [2.05, 4.69) is 10.3 Å². The molecule has 7 heteroatoms. The summed E-state index contributed by atoms with van der Waals surface area (Å²) in [7, 11) is 0. The number of pyridine rings is 1. The molecule has 0 atom stereocenters. The van der Waals surface area contributed by atoms with E-state index in [4.69, 9.17) is 14.9 Å². The van der Waals surface area contributed by atoms with E-state index in [-0.39, 0.29) is 29.9 Å². The lowest BCUT2D eigenvalue weighted by atomic mass is 10.3. The number of halogens is 1. The minimum atomic E-state index is -0.699. The molecule has 0 saturated carbocycles. The van der Waals surface area contributed by atoms with Gasteiger partial charge in [0.15, 0.2) is 11.6 Å². The van der Waals surface area contributed by atoms with Crippen LogP contribution >= 0.6 is 0 Å². The molecule has 2 rings (SSSR count). The number of nitrogens with two attached hydrogens (primary N) is 1. The van der Waals surface area contributed by atoms with Crippen LogP contribution in [0.1, 0.15) is 12.5 Å². The maximum atomic E-state index is 13.6. The van der Waals surface area contributed by atoms with Crippen LogP contribution in [0.4, 0.5) is 15.9 Å². The number of aromatic nitrogens is 1. The largest absolute Gasteiger partial charge is 0.472 e. The molecule has 6 nitrogen and oxygen atoms in total. The van der Waals surface area contributed by atoms with E-state index in [0.29, 0.717) is 0 Å². The molecule has 0 spiro atoms. The maximum Gasteiger partial charge on any atom is 0.252 e. The summed E-state index contributed by atoms with van der Waals surface area (Å²) < 4.78 is 23.7. The molecule has 0 aliphatic heterocycles. The quantitative estimate of drug-likeness (QED) is 0.881. The second-order valence-corrected chi connectivity index (χ2v) is 3.81. The standard InChI is InChI=1S/C12H12FN3O3/c1-7(17)15-11-10(14)4-9(13)12(16-11)19-6-8-2-3-18-5-8/h2-5H,6,14H2,1H3,(H,15,16,17). The Bertz CT molecular complexity index is 584. The van der Waals surface area contributed by atoms with Crippen molar-refractivity contribution in [2.45, 2.75) is 13.5 Å². The first-order chi connectivity index (χ1) is 9.06. The third kappa shape index (κ3) is 3.21. The summed E-state index contributed by atoms with van der Waals surface area (Å²) in [6.07, 6.45) is 2.96. The summed E-state index contributed by atoms with van der Waals surface area (Å²) >= 11 is 0. The van der Waals surface area contributed by atoms with Crippen LogP contribution in [0.3, 0.4) is 0 Å². The molecule has 2 aromatic rings. The van der Waals surface area contributed by atoms with Gasteiger partial charge >= 0.3 is 0 Å². The van der Waals surface area contributed by atoms with Crippen molar-refractivity contribution in [3.05, 3.63) is 36.0 Å². The maximum absolute atomic E-state index is 13.6. The van der Waals surface area contributed by atoms with Gasteiger partial charge in [0.05, 0.1) is 18.2 Å². The number of rotatable bonds is 4. The SMILES string of the molecule is CC(=O)Nc1nc(OCc2ccoc2)c(F)cc1N. The molecule has 0 aliphatic rings. The van der Waals surface area contributed by atoms with Crippen LogP contribution in [0.5, 0.6) is 5.88 Å². The van der Waals surface area contributed by atoms with Crippen molar-refractivity contribution in [1.29, 1.82) is 0 Å². The van der Waals surface area contributed by atoms with Gasteiger partial charge in [-0.3, -0.25) is 4.79 Å². The zero-order chi connectivity index (χ0) is 13.8. The average Bonchev–Trinajstić information content (AvgIpc) is 2.83. The van der Waals surface area contributed by atoms with E-state index in [0.717, 1.165) is 11.6 Å². The molecule has 0 aromatic carbocycles. The van der Waals surface area contributed by atoms with Crippen LogP contribution in [0.25, 0.3) is 0 Å². The summed E-state index contributed by atoms with van der Waals surface area (Å²) in [6, 6.07) is 2.73. The molecule has 100 valence electrons. The first-order valence-electron chi connectivity index (χ1n) is 5.43. The van der Waals surface area contributed by atoms with Gasteiger partial charge < -0.3 is 20.2 Å². The Morgan fingerprint density at radius 1 is 1.63 bits per heavy atom. The Balaban J connectivity index is 2.17. The van der Waals surface area contributed by atoms with Crippen molar-refractivity contribution in [3.8, 4) is 5.88 Å². The molecule has 19 heavy (non-hydrogen) atoms. The summed E-state index contributed by atoms with van der Waals surface area (Å²) in [5.74, 6) is -1.23. The molecule has 0 unspecified atom stereocenters. The van der Waals surface area contributed by atoms with Gasteiger partial charge in [0.2, 0.25) is 5.91 Å². The Kier molecular flexibility index (Phi) is 3.65. The number of nitrogen functional groups attached to an aromatic ring is 1. The molecule has 0 saturated heterocycles. The lowest BCUT2D eigenvalue weighted by molar-refractivity contribution is -0.114. The fourth-order valence-corrected chi connectivity index (χ4v) is 1.38. The van der Waals surface area contributed by atoms with E-state index >= 15 is 0 Å². The number of carbonyl (C=O) groups is 1. The Morgan fingerprint density at radius 3 is 3.05 bits per heavy atom. The fourth-order valence-electron chi connectivity index (χ4n) is 1.38. The lowest BCUT2D eigenvalue weighted by Gasteiger charge is -2.09. The van der Waals surface area contributed by atoms with Gasteiger partial charge in [-0.05, 0) is 6.07 Å². The fraction of sp³-hybridized carbons (Fsp3) is 0.167. The number of hydrogen-bond donors (Lipinski definition) is 2. The minimum absolute atomic E-state index is 0.0309. The molecule has 2 heterocycles. The summed E-state index contributed by atoms with van der Waals surface area (Å²) in [4.78, 5) is 14.8. The van der Waals surface area contributed by atoms with Crippen LogP contribution in [0.2, 0.25) is 0 Å². The topological polar surface area (TPSA) is 90.4 Å². The number of nitrogens with zero attached hydrogens (tertiary/aromatic N) is 1. The van der Waals surface area contributed by atoms with Gasteiger partial charge in [-0.25, -0.2) is 4.39 Å². The molecular formula is C12H12FN3O3. The van der Waals surface area contributed by atoms with Crippen molar-refractivity contribution in [2.75, 3.05) is 11.1 Å². The van der Waals surface area contributed by atoms with E-state index in [1.54, 1.807) is 6.07 Å². The van der Waals surface area contributed by atoms with Gasteiger partial charge in [0, 0.05) is 18.6 Å². The van der Waals surface area contributed by atoms with Crippen molar-refractivity contribution in [3.63, 3.8) is 0 Å². The summed E-state index contributed by atoms with van der Waals surface area (Å²) in [5.41, 5.74) is 6.31. The Morgan fingerprint density at radius 2 is 2.42 bits per heavy atom. The molecule has 0 radical (unpaired) electrons. The van der Waals surface area contributed by atoms with Crippen LogP contribution in [0.15, 0.2) is 29.1 Å². The monoisotopic (exact) mass is 265 g/mol. The number of nitrogens with one attached hydrogen (secondary N) is 1. The predicted octanol–water partition coefficient (Wildman–Crippen LogP) is 1.93. The first kappa shape index (κ1) is 12.9. The zero-order valence-electron chi connectivity index (χ0n) is 10.1. The van der Waals surface area contributed by atoms with Gasteiger partial charge in [0.1, 0.15) is 6.61 Å². The highest BCUT2D eigenvalue weighted by Gasteiger charge is 2.12. The van der Waals surface area contributed by atoms with Gasteiger partial charge in [-0.1, -0.05) is 0 Å². The van der Waals surface area contributed by atoms with Gasteiger partial charge in [-0.15, -0.1) is 0 Å². The summed E-state index contributed by atoms with van der Waals surface area (Å²) in [6.45, 7) is 1.40.